The molecule has 1 aliphatic heterocycles. The topological polar surface area (TPSA) is 3.24 Å². The molecule has 1 nitrogen and oxygen atoms in total. The van der Waals surface area contributed by atoms with Gasteiger partial charge in [-0.3, -0.25) is 0 Å². The fourth-order valence-electron chi connectivity index (χ4n) is 2.67. The lowest BCUT2D eigenvalue weighted by Crippen LogP contribution is -2.35. The zero-order chi connectivity index (χ0) is 13.1. The molecule has 0 radical (unpaired) electrons. The molecule has 1 aliphatic rings. The maximum absolute atomic E-state index is 6.22. The van der Waals surface area contributed by atoms with Gasteiger partial charge in [0.25, 0.3) is 0 Å². The van der Waals surface area contributed by atoms with Crippen molar-refractivity contribution >= 4 is 28.9 Å². The highest BCUT2D eigenvalue weighted by Gasteiger charge is 2.21. The summed E-state index contributed by atoms with van der Waals surface area (Å²) in [5, 5.41) is 0.786. The van der Waals surface area contributed by atoms with E-state index in [1.807, 2.05) is 6.07 Å². The van der Waals surface area contributed by atoms with Gasteiger partial charge in [0.2, 0.25) is 0 Å². The number of rotatable bonds is 3. The Bertz CT molecular complexity index is 395. The maximum Gasteiger partial charge on any atom is 0.0488 e. The molecule has 3 heteroatoms. The Morgan fingerprint density at radius 2 is 1.94 bits per heavy atom. The molecule has 0 aromatic heterocycles. The Morgan fingerprint density at radius 1 is 1.28 bits per heavy atom. The third-order valence-electron chi connectivity index (χ3n) is 4.03. The molecular weight excluding hydrogens is 265 g/mol. The number of piperidine rings is 1. The lowest BCUT2D eigenvalue weighted by atomic mass is 9.86. The zero-order valence-corrected chi connectivity index (χ0v) is 12.6. The molecule has 0 amide bonds. The molecule has 1 aromatic carbocycles. The van der Waals surface area contributed by atoms with E-state index in [1.165, 1.54) is 18.5 Å². The number of benzene rings is 1. The van der Waals surface area contributed by atoms with Crippen LogP contribution in [0.3, 0.4) is 0 Å². The van der Waals surface area contributed by atoms with Gasteiger partial charge in [0.05, 0.1) is 0 Å². The van der Waals surface area contributed by atoms with Gasteiger partial charge < -0.3 is 4.90 Å². The van der Waals surface area contributed by atoms with Gasteiger partial charge in [-0.15, -0.1) is 11.6 Å². The minimum atomic E-state index is 0.481. The van der Waals surface area contributed by atoms with E-state index in [1.54, 1.807) is 0 Å². The van der Waals surface area contributed by atoms with Crippen molar-refractivity contribution in [3.8, 4) is 0 Å². The number of hydrogen-bond donors (Lipinski definition) is 0. The molecule has 0 bridgehead atoms. The van der Waals surface area contributed by atoms with E-state index in [0.717, 1.165) is 35.5 Å². The second kappa shape index (κ2) is 6.16. The summed E-state index contributed by atoms with van der Waals surface area (Å²) in [7, 11) is 0. The van der Waals surface area contributed by atoms with Gasteiger partial charge in [0.1, 0.15) is 0 Å². The lowest BCUT2D eigenvalue weighted by Gasteiger charge is -2.35. The van der Waals surface area contributed by atoms with Crippen LogP contribution in [0.15, 0.2) is 18.2 Å². The molecule has 1 heterocycles. The van der Waals surface area contributed by atoms with E-state index in [4.69, 9.17) is 23.2 Å². The monoisotopic (exact) mass is 285 g/mol. The Morgan fingerprint density at radius 3 is 2.44 bits per heavy atom. The smallest absolute Gasteiger partial charge is 0.0488 e. The van der Waals surface area contributed by atoms with Crippen molar-refractivity contribution in [2.24, 2.45) is 11.8 Å². The van der Waals surface area contributed by atoms with Crippen LogP contribution in [-0.2, 0) is 5.88 Å². The second-order valence-electron chi connectivity index (χ2n) is 5.48. The third-order valence-corrected chi connectivity index (χ3v) is 4.67. The maximum atomic E-state index is 6.22. The Kier molecular flexibility index (Phi) is 4.80. The Balaban J connectivity index is 2.03. The molecule has 2 rings (SSSR count). The van der Waals surface area contributed by atoms with Crippen molar-refractivity contribution in [1.29, 1.82) is 0 Å². The highest BCUT2D eigenvalue weighted by Crippen LogP contribution is 2.30. The van der Waals surface area contributed by atoms with Crippen molar-refractivity contribution in [1.82, 2.24) is 0 Å². The first-order valence-corrected chi connectivity index (χ1v) is 7.62. The average molecular weight is 286 g/mol. The quantitative estimate of drug-likeness (QED) is 0.710. The van der Waals surface area contributed by atoms with Gasteiger partial charge in [-0.05, 0) is 42.4 Å². The average Bonchev–Trinajstić information content (AvgIpc) is 2.38. The van der Waals surface area contributed by atoms with Gasteiger partial charge in [0, 0.05) is 29.7 Å². The summed E-state index contributed by atoms with van der Waals surface area (Å²) in [6.45, 7) is 6.93. The summed E-state index contributed by atoms with van der Waals surface area (Å²) in [6, 6.07) is 6.23. The molecule has 0 unspecified atom stereocenters. The molecular formula is C15H21Cl2N. The van der Waals surface area contributed by atoms with Crippen molar-refractivity contribution in [3.05, 3.63) is 28.8 Å². The lowest BCUT2D eigenvalue weighted by molar-refractivity contribution is 0.311. The molecule has 1 aromatic rings. The predicted molar refractivity (Wildman–Crippen MR) is 80.8 cm³/mol. The van der Waals surface area contributed by atoms with Crippen LogP contribution in [0.25, 0.3) is 0 Å². The number of nitrogens with zero attached hydrogens (tertiary/aromatic N) is 1. The first-order valence-electron chi connectivity index (χ1n) is 6.71. The molecule has 18 heavy (non-hydrogen) atoms. The van der Waals surface area contributed by atoms with Gasteiger partial charge in [0.15, 0.2) is 0 Å². The Labute approximate surface area is 120 Å². The summed E-state index contributed by atoms with van der Waals surface area (Å²) in [5.74, 6) is 2.15. The van der Waals surface area contributed by atoms with E-state index < -0.39 is 0 Å². The number of halogens is 2. The zero-order valence-electron chi connectivity index (χ0n) is 11.1. The summed E-state index contributed by atoms with van der Waals surface area (Å²) in [6.07, 6.45) is 2.57. The first-order chi connectivity index (χ1) is 8.61. The summed E-state index contributed by atoms with van der Waals surface area (Å²) >= 11 is 12.0. The van der Waals surface area contributed by atoms with Crippen LogP contribution in [-0.4, -0.2) is 13.1 Å². The minimum Gasteiger partial charge on any atom is -0.371 e. The molecule has 1 fully saturated rings. The number of hydrogen-bond acceptors (Lipinski definition) is 1. The van der Waals surface area contributed by atoms with Gasteiger partial charge in [-0.1, -0.05) is 31.5 Å². The van der Waals surface area contributed by atoms with Crippen LogP contribution in [0.1, 0.15) is 32.3 Å². The van der Waals surface area contributed by atoms with Crippen LogP contribution in [0.4, 0.5) is 5.69 Å². The number of anilines is 1. The molecule has 0 aliphatic carbocycles. The minimum absolute atomic E-state index is 0.481. The van der Waals surface area contributed by atoms with Crippen LogP contribution in [0, 0.1) is 11.8 Å². The largest absolute Gasteiger partial charge is 0.371 e. The molecule has 0 atom stereocenters. The fourth-order valence-corrected chi connectivity index (χ4v) is 3.21. The highest BCUT2D eigenvalue weighted by molar-refractivity contribution is 6.32. The molecule has 0 saturated carbocycles. The first kappa shape index (κ1) is 14.0. The second-order valence-corrected chi connectivity index (χ2v) is 6.15. The van der Waals surface area contributed by atoms with E-state index in [9.17, 15) is 0 Å². The van der Waals surface area contributed by atoms with E-state index in [-0.39, 0.29) is 0 Å². The van der Waals surface area contributed by atoms with Crippen LogP contribution in [0.5, 0.6) is 0 Å². The standard InChI is InChI=1S/C15H21Cl2N/c1-11(2)12-5-7-18(8-6-12)14-4-3-13(10-16)15(17)9-14/h3-4,9,11-12H,5-8,10H2,1-2H3. The summed E-state index contributed by atoms with van der Waals surface area (Å²) in [5.41, 5.74) is 2.25. The third kappa shape index (κ3) is 3.13. The van der Waals surface area contributed by atoms with Crippen LogP contribution in [0.2, 0.25) is 5.02 Å². The normalized spacial score (nSPS) is 17.5. The van der Waals surface area contributed by atoms with Gasteiger partial charge in [-0.25, -0.2) is 0 Å². The molecule has 1 saturated heterocycles. The van der Waals surface area contributed by atoms with E-state index >= 15 is 0 Å². The summed E-state index contributed by atoms with van der Waals surface area (Å²) < 4.78 is 0. The number of alkyl halides is 1. The van der Waals surface area contributed by atoms with Crippen LogP contribution < -0.4 is 4.90 Å². The van der Waals surface area contributed by atoms with Crippen molar-refractivity contribution in [3.63, 3.8) is 0 Å². The van der Waals surface area contributed by atoms with Crippen molar-refractivity contribution < 1.29 is 0 Å². The molecule has 0 spiro atoms. The van der Waals surface area contributed by atoms with Gasteiger partial charge in [-0.2, -0.15) is 0 Å². The predicted octanol–water partition coefficient (Wildman–Crippen LogP) is 4.95. The van der Waals surface area contributed by atoms with E-state index in [0.29, 0.717) is 5.88 Å². The van der Waals surface area contributed by atoms with Crippen molar-refractivity contribution in [2.75, 3.05) is 18.0 Å². The summed E-state index contributed by atoms with van der Waals surface area (Å²) in [4.78, 5) is 2.43. The van der Waals surface area contributed by atoms with Gasteiger partial charge >= 0.3 is 0 Å². The Hall–Kier alpha value is -0.400. The molecule has 0 N–H and O–H groups in total. The SMILES string of the molecule is CC(C)C1CCN(c2ccc(CCl)c(Cl)c2)CC1. The van der Waals surface area contributed by atoms with Crippen molar-refractivity contribution in [2.45, 2.75) is 32.6 Å². The molecule has 100 valence electrons. The van der Waals surface area contributed by atoms with E-state index in [2.05, 4.69) is 30.9 Å². The van der Waals surface area contributed by atoms with Crippen LogP contribution >= 0.6 is 23.2 Å². The fraction of sp³-hybridized carbons (Fsp3) is 0.600. The highest BCUT2D eigenvalue weighted by atomic mass is 35.5.